The van der Waals surface area contributed by atoms with E-state index in [1.807, 2.05) is 0 Å². The average Bonchev–Trinajstić information content (AvgIpc) is 2.96. The number of hydrogen-bond donors (Lipinski definition) is 2. The molecule has 1 atom stereocenters. The summed E-state index contributed by atoms with van der Waals surface area (Å²) in [4.78, 5) is 30.0. The first-order valence-electron chi connectivity index (χ1n) is 8.92. The number of hydrogen-bond acceptors (Lipinski definition) is 6. The molecule has 0 bridgehead atoms. The highest BCUT2D eigenvalue weighted by Crippen LogP contribution is 2.33. The highest BCUT2D eigenvalue weighted by molar-refractivity contribution is 8.18. The molecular weight excluding hydrogens is 392 g/mol. The van der Waals surface area contributed by atoms with Crippen molar-refractivity contribution in [3.05, 3.63) is 59.0 Å². The van der Waals surface area contributed by atoms with Crippen molar-refractivity contribution in [2.45, 2.75) is 19.4 Å². The van der Waals surface area contributed by atoms with Crippen molar-refractivity contribution < 1.29 is 24.5 Å². The van der Waals surface area contributed by atoms with E-state index in [0.717, 1.165) is 5.56 Å². The molecular formula is C21H20N2O5S. The number of benzene rings is 2. The minimum absolute atomic E-state index is 0.152. The van der Waals surface area contributed by atoms with Crippen molar-refractivity contribution in [1.29, 1.82) is 0 Å². The lowest BCUT2D eigenvalue weighted by Crippen LogP contribution is -2.25. The third kappa shape index (κ3) is 4.97. The summed E-state index contributed by atoms with van der Waals surface area (Å²) in [5.41, 5.74) is 1.42. The summed E-state index contributed by atoms with van der Waals surface area (Å²) in [5.74, 6) is -0.558. The van der Waals surface area contributed by atoms with E-state index in [0.29, 0.717) is 27.9 Å². The van der Waals surface area contributed by atoms with Gasteiger partial charge in [-0.25, -0.2) is 9.79 Å². The van der Waals surface area contributed by atoms with Crippen LogP contribution in [0.5, 0.6) is 11.5 Å². The molecule has 1 aliphatic heterocycles. The summed E-state index contributed by atoms with van der Waals surface area (Å²) in [6.45, 7) is 1.74. The maximum atomic E-state index is 12.5. The number of carbonyl (C=O) groups is 2. The number of likely N-dealkylation sites (N-methyl/N-ethyl adjacent to an activating group) is 1. The Hall–Kier alpha value is -3.26. The van der Waals surface area contributed by atoms with Gasteiger partial charge in [0, 0.05) is 7.05 Å². The molecule has 7 nitrogen and oxygen atoms in total. The average molecular weight is 412 g/mol. The Bertz CT molecular complexity index is 968. The number of aliphatic imine (C=N–C) groups is 1. The van der Waals surface area contributed by atoms with Crippen LogP contribution in [-0.2, 0) is 9.59 Å². The number of phenols is 1. The molecule has 1 unspecified atom stereocenters. The minimum atomic E-state index is -1.00. The second-order valence-electron chi connectivity index (χ2n) is 6.31. The molecule has 2 N–H and O–H groups in total. The fraction of sp³-hybridized carbons (Fsp3) is 0.190. The van der Waals surface area contributed by atoms with Crippen molar-refractivity contribution in [3.8, 4) is 11.5 Å². The first-order chi connectivity index (χ1) is 13.9. The van der Waals surface area contributed by atoms with E-state index in [1.165, 1.54) is 28.8 Å². The maximum Gasteiger partial charge on any atom is 0.344 e. The largest absolute Gasteiger partial charge is 0.508 e. The highest BCUT2D eigenvalue weighted by atomic mass is 32.2. The number of carbonyl (C=O) groups excluding carboxylic acids is 1. The molecule has 29 heavy (non-hydrogen) atoms. The Morgan fingerprint density at radius 3 is 2.45 bits per heavy atom. The van der Waals surface area contributed by atoms with Crippen molar-refractivity contribution in [3.63, 3.8) is 0 Å². The number of carboxylic acids is 1. The third-order valence-corrected chi connectivity index (χ3v) is 5.24. The molecule has 2 aromatic rings. The van der Waals surface area contributed by atoms with E-state index in [9.17, 15) is 14.7 Å². The van der Waals surface area contributed by atoms with Crippen LogP contribution in [0.4, 0.5) is 5.69 Å². The predicted molar refractivity (Wildman–Crippen MR) is 112 cm³/mol. The summed E-state index contributed by atoms with van der Waals surface area (Å²) in [5, 5.41) is 19.0. The lowest BCUT2D eigenvalue weighted by atomic mass is 10.2. The molecule has 1 heterocycles. The van der Waals surface area contributed by atoms with Crippen LogP contribution in [0.25, 0.3) is 6.08 Å². The number of aromatic hydroxyl groups is 1. The van der Waals surface area contributed by atoms with Crippen LogP contribution in [-0.4, -0.2) is 45.3 Å². The molecule has 0 spiro atoms. The summed E-state index contributed by atoms with van der Waals surface area (Å²) in [6, 6.07) is 13.3. The number of phenolic OH excluding ortho intramolecular Hbond substituents is 1. The van der Waals surface area contributed by atoms with Gasteiger partial charge in [0.05, 0.1) is 10.6 Å². The van der Waals surface area contributed by atoms with Gasteiger partial charge in [-0.2, -0.15) is 0 Å². The van der Waals surface area contributed by atoms with Crippen LogP contribution >= 0.6 is 11.8 Å². The van der Waals surface area contributed by atoms with Crippen LogP contribution in [0.2, 0.25) is 0 Å². The van der Waals surface area contributed by atoms with Crippen molar-refractivity contribution in [2.24, 2.45) is 4.99 Å². The minimum Gasteiger partial charge on any atom is -0.508 e. The highest BCUT2D eigenvalue weighted by Gasteiger charge is 2.30. The standard InChI is InChI=1S/C21H20N2O5S/c1-3-17(20(26)27)28-16-10-4-13(5-11-16)12-18-19(25)23(2)21(29-18)22-14-6-8-15(24)9-7-14/h4-12,17,24H,3H2,1-2H3,(H,26,27)/b18-12-,22-21?. The number of nitrogens with zero attached hydrogens (tertiary/aromatic N) is 2. The van der Waals surface area contributed by atoms with Crippen LogP contribution < -0.4 is 4.74 Å². The van der Waals surface area contributed by atoms with E-state index < -0.39 is 12.1 Å². The van der Waals surface area contributed by atoms with Crippen molar-refractivity contribution >= 4 is 40.6 Å². The Balaban J connectivity index is 1.75. The first kappa shape index (κ1) is 20.5. The number of aliphatic carboxylic acids is 1. The summed E-state index contributed by atoms with van der Waals surface area (Å²) >= 11 is 1.26. The van der Waals surface area contributed by atoms with Gasteiger partial charge in [-0.1, -0.05) is 19.1 Å². The van der Waals surface area contributed by atoms with E-state index in [1.54, 1.807) is 56.4 Å². The second-order valence-corrected chi connectivity index (χ2v) is 7.32. The van der Waals surface area contributed by atoms with Crippen LogP contribution in [0.1, 0.15) is 18.9 Å². The molecule has 2 aromatic carbocycles. The van der Waals surface area contributed by atoms with E-state index >= 15 is 0 Å². The SMILES string of the molecule is CCC(Oc1ccc(/C=C2\SC(=Nc3ccc(O)cc3)N(C)C2=O)cc1)C(=O)O. The number of rotatable bonds is 6. The van der Waals surface area contributed by atoms with Crippen LogP contribution in [0, 0.1) is 0 Å². The number of carboxylic acid groups (broad SMARTS) is 1. The van der Waals surface area contributed by atoms with Gasteiger partial charge in [0.25, 0.3) is 5.91 Å². The summed E-state index contributed by atoms with van der Waals surface area (Å²) < 4.78 is 5.44. The van der Waals surface area contributed by atoms with Gasteiger partial charge < -0.3 is 14.9 Å². The molecule has 8 heteroatoms. The van der Waals surface area contributed by atoms with Gasteiger partial charge in [-0.3, -0.25) is 9.69 Å². The van der Waals surface area contributed by atoms with E-state index in [2.05, 4.69) is 4.99 Å². The monoisotopic (exact) mass is 412 g/mol. The topological polar surface area (TPSA) is 99.4 Å². The van der Waals surface area contributed by atoms with Gasteiger partial charge in [0.2, 0.25) is 0 Å². The van der Waals surface area contributed by atoms with Gasteiger partial charge >= 0.3 is 5.97 Å². The molecule has 0 saturated carbocycles. The molecule has 1 fully saturated rings. The predicted octanol–water partition coefficient (Wildman–Crippen LogP) is 3.87. The van der Waals surface area contributed by atoms with Crippen LogP contribution in [0.3, 0.4) is 0 Å². The quantitative estimate of drug-likeness (QED) is 0.699. The van der Waals surface area contributed by atoms with Crippen molar-refractivity contribution in [2.75, 3.05) is 7.05 Å². The molecule has 150 valence electrons. The summed E-state index contributed by atoms with van der Waals surface area (Å²) in [6.07, 6.45) is 1.22. The molecule has 1 aliphatic rings. The smallest absolute Gasteiger partial charge is 0.344 e. The Labute approximate surface area is 172 Å². The number of ether oxygens (including phenoxy) is 1. The number of amides is 1. The number of thioether (sulfide) groups is 1. The first-order valence-corrected chi connectivity index (χ1v) is 9.74. The van der Waals surface area contributed by atoms with Gasteiger partial charge in [0.1, 0.15) is 11.5 Å². The molecule has 1 saturated heterocycles. The van der Waals surface area contributed by atoms with E-state index in [-0.39, 0.29) is 11.7 Å². The maximum absolute atomic E-state index is 12.5. The Morgan fingerprint density at radius 2 is 1.86 bits per heavy atom. The van der Waals surface area contributed by atoms with Crippen LogP contribution in [0.15, 0.2) is 58.4 Å². The lowest BCUT2D eigenvalue weighted by molar-refractivity contribution is -0.145. The Kier molecular flexibility index (Phi) is 6.23. The van der Waals surface area contributed by atoms with Crippen molar-refractivity contribution in [1.82, 2.24) is 4.90 Å². The van der Waals surface area contributed by atoms with Gasteiger partial charge in [0.15, 0.2) is 11.3 Å². The number of amidine groups is 1. The molecule has 1 amide bonds. The molecule has 3 rings (SSSR count). The zero-order chi connectivity index (χ0) is 21.0. The molecule has 0 radical (unpaired) electrons. The normalized spacial score (nSPS) is 17.7. The third-order valence-electron chi connectivity index (χ3n) is 4.18. The molecule has 0 aliphatic carbocycles. The molecule has 0 aromatic heterocycles. The zero-order valence-corrected chi connectivity index (χ0v) is 16.7. The Morgan fingerprint density at radius 1 is 1.21 bits per heavy atom. The zero-order valence-electron chi connectivity index (χ0n) is 15.9. The van der Waals surface area contributed by atoms with Gasteiger partial charge in [-0.05, 0) is 66.2 Å². The van der Waals surface area contributed by atoms with Gasteiger partial charge in [-0.15, -0.1) is 0 Å². The second kappa shape index (κ2) is 8.83. The van der Waals surface area contributed by atoms with E-state index in [4.69, 9.17) is 9.84 Å². The summed E-state index contributed by atoms with van der Waals surface area (Å²) in [7, 11) is 1.66. The lowest BCUT2D eigenvalue weighted by Gasteiger charge is -2.13. The fourth-order valence-corrected chi connectivity index (χ4v) is 3.54. The fourth-order valence-electron chi connectivity index (χ4n) is 2.56.